The average molecular weight is 380 g/mol. The summed E-state index contributed by atoms with van der Waals surface area (Å²) in [4.78, 5) is 18.7. The second kappa shape index (κ2) is 7.09. The Labute approximate surface area is 161 Å². The molecule has 2 aromatic carbocycles. The number of hydrogen-bond acceptors (Lipinski definition) is 5. The molecule has 6 nitrogen and oxygen atoms in total. The summed E-state index contributed by atoms with van der Waals surface area (Å²) in [6, 6.07) is 8.29. The number of anilines is 1. The van der Waals surface area contributed by atoms with Crippen LogP contribution >= 0.6 is 0 Å². The van der Waals surface area contributed by atoms with Crippen molar-refractivity contribution in [2.45, 2.75) is 13.0 Å². The maximum atomic E-state index is 13.1. The lowest BCUT2D eigenvalue weighted by Gasteiger charge is -2.14. The number of benzene rings is 2. The number of pyridine rings is 1. The van der Waals surface area contributed by atoms with Gasteiger partial charge in [-0.2, -0.15) is 0 Å². The molecule has 2 heterocycles. The number of carbonyl (C=O) groups excluding carboxylic acids is 1. The highest BCUT2D eigenvalue weighted by atomic mass is 19.1. The first kappa shape index (κ1) is 18.2. The van der Waals surface area contributed by atoms with Gasteiger partial charge in [0.25, 0.3) is 5.91 Å². The summed E-state index contributed by atoms with van der Waals surface area (Å²) in [5.41, 5.74) is 9.72. The molecule has 1 aromatic heterocycles. The molecule has 1 aliphatic heterocycles. The second-order valence-electron chi connectivity index (χ2n) is 6.89. The fraction of sp³-hybridized carbons (Fsp3) is 0.238. The lowest BCUT2D eigenvalue weighted by molar-refractivity contribution is 0.0781. The van der Waals surface area contributed by atoms with Gasteiger partial charge in [0.2, 0.25) is 0 Å². The van der Waals surface area contributed by atoms with Crippen molar-refractivity contribution < 1.29 is 14.3 Å². The van der Waals surface area contributed by atoms with Crippen LogP contribution in [0.3, 0.4) is 0 Å². The Balaban J connectivity index is 1.82. The van der Waals surface area contributed by atoms with Crippen LogP contribution in [0.5, 0.6) is 5.75 Å². The highest BCUT2D eigenvalue weighted by molar-refractivity contribution is 6.11. The molecule has 144 valence electrons. The van der Waals surface area contributed by atoms with Crippen molar-refractivity contribution in [3.05, 3.63) is 64.6 Å². The van der Waals surface area contributed by atoms with E-state index < -0.39 is 0 Å². The summed E-state index contributed by atoms with van der Waals surface area (Å²) in [7, 11) is 1.79. The molecule has 0 saturated carbocycles. The van der Waals surface area contributed by atoms with Gasteiger partial charge in [-0.15, -0.1) is 0 Å². The van der Waals surface area contributed by atoms with Crippen LogP contribution < -0.4 is 11.1 Å². The monoisotopic (exact) mass is 380 g/mol. The van der Waals surface area contributed by atoms with Gasteiger partial charge in [-0.1, -0.05) is 12.1 Å². The van der Waals surface area contributed by atoms with Gasteiger partial charge in [0.1, 0.15) is 11.3 Å². The molecule has 0 radical (unpaired) electrons. The first-order valence-electron chi connectivity index (χ1n) is 9.11. The third-order valence-electron chi connectivity index (χ3n) is 5.10. The second-order valence-corrected chi connectivity index (χ2v) is 6.89. The summed E-state index contributed by atoms with van der Waals surface area (Å²) in [5.74, 6) is -0.597. The van der Waals surface area contributed by atoms with Gasteiger partial charge in [-0.05, 0) is 35.7 Å². The average Bonchev–Trinajstić information content (AvgIpc) is 3.01. The van der Waals surface area contributed by atoms with Gasteiger partial charge in [0.05, 0.1) is 5.56 Å². The van der Waals surface area contributed by atoms with Crippen molar-refractivity contribution in [2.75, 3.05) is 25.5 Å². The molecular weight excluding hydrogens is 359 g/mol. The van der Waals surface area contributed by atoms with Gasteiger partial charge < -0.3 is 21.1 Å². The first-order valence-corrected chi connectivity index (χ1v) is 9.11. The minimum absolute atomic E-state index is 0.0955. The number of nitrogens with zero attached hydrogens (tertiary/aromatic N) is 2. The Morgan fingerprint density at radius 3 is 2.71 bits per heavy atom. The predicted octanol–water partition coefficient (Wildman–Crippen LogP) is 2.63. The molecule has 1 amide bonds. The Morgan fingerprint density at radius 2 is 2.04 bits per heavy atom. The van der Waals surface area contributed by atoms with Crippen LogP contribution in [0, 0.1) is 5.82 Å². The van der Waals surface area contributed by atoms with Gasteiger partial charge in [-0.25, -0.2) is 4.39 Å². The maximum Gasteiger partial charge on any atom is 0.258 e. The molecule has 3 aromatic rings. The number of halogens is 1. The predicted molar refractivity (Wildman–Crippen MR) is 106 cm³/mol. The van der Waals surface area contributed by atoms with Crippen molar-refractivity contribution in [3.63, 3.8) is 0 Å². The van der Waals surface area contributed by atoms with E-state index in [2.05, 4.69) is 10.3 Å². The van der Waals surface area contributed by atoms with E-state index in [0.29, 0.717) is 37.1 Å². The summed E-state index contributed by atoms with van der Waals surface area (Å²) < 4.78 is 13.1. The molecule has 1 aliphatic rings. The molecule has 28 heavy (non-hydrogen) atoms. The van der Waals surface area contributed by atoms with Crippen molar-refractivity contribution in [1.29, 1.82) is 0 Å². The fourth-order valence-electron chi connectivity index (χ4n) is 3.80. The van der Waals surface area contributed by atoms with Crippen LogP contribution in [0.1, 0.15) is 27.0 Å². The minimum Gasteiger partial charge on any atom is -0.505 e. The van der Waals surface area contributed by atoms with E-state index in [1.165, 1.54) is 12.1 Å². The van der Waals surface area contributed by atoms with Gasteiger partial charge in [-0.3, -0.25) is 9.78 Å². The Bertz CT molecular complexity index is 1070. The molecule has 0 saturated heterocycles. The van der Waals surface area contributed by atoms with E-state index in [1.807, 2.05) is 6.07 Å². The third kappa shape index (κ3) is 2.93. The summed E-state index contributed by atoms with van der Waals surface area (Å²) in [5, 5.41) is 14.7. The molecule has 0 unspecified atom stereocenters. The van der Waals surface area contributed by atoms with Crippen LogP contribution in [0.2, 0.25) is 0 Å². The normalized spacial score (nSPS) is 13.2. The Morgan fingerprint density at radius 1 is 1.29 bits per heavy atom. The van der Waals surface area contributed by atoms with E-state index >= 15 is 0 Å². The topological polar surface area (TPSA) is 91.5 Å². The molecule has 0 aliphatic carbocycles. The number of amides is 1. The van der Waals surface area contributed by atoms with E-state index in [-0.39, 0.29) is 17.5 Å². The number of carbonyl (C=O) groups is 1. The summed E-state index contributed by atoms with van der Waals surface area (Å²) in [6.07, 6.45) is 2.26. The lowest BCUT2D eigenvalue weighted by Crippen LogP contribution is -2.29. The molecule has 0 atom stereocenters. The highest BCUT2D eigenvalue weighted by Crippen LogP contribution is 2.42. The Kier molecular flexibility index (Phi) is 4.60. The number of phenols is 1. The quantitative estimate of drug-likeness (QED) is 0.592. The van der Waals surface area contributed by atoms with E-state index in [0.717, 1.165) is 27.8 Å². The number of phenolic OH excluding ortho intramolecular Hbond substituents is 1. The van der Waals surface area contributed by atoms with Gasteiger partial charge >= 0.3 is 0 Å². The molecule has 0 spiro atoms. The number of hydrogen-bond donors (Lipinski definition) is 3. The van der Waals surface area contributed by atoms with Crippen LogP contribution in [0.25, 0.3) is 10.9 Å². The number of nitrogens with one attached hydrogen (secondary N) is 1. The lowest BCUT2D eigenvalue weighted by atomic mass is 9.98. The number of fused-ring (bicyclic) bond motifs is 2. The van der Waals surface area contributed by atoms with E-state index in [1.54, 1.807) is 30.3 Å². The van der Waals surface area contributed by atoms with Crippen molar-refractivity contribution in [3.8, 4) is 5.75 Å². The molecular formula is C21H21FN4O2. The molecule has 4 rings (SSSR count). The zero-order valence-corrected chi connectivity index (χ0v) is 15.5. The molecule has 4 N–H and O–H groups in total. The summed E-state index contributed by atoms with van der Waals surface area (Å²) >= 11 is 0. The molecule has 0 bridgehead atoms. The van der Waals surface area contributed by atoms with Crippen LogP contribution in [0.4, 0.5) is 10.1 Å². The number of aromatic nitrogens is 1. The van der Waals surface area contributed by atoms with E-state index in [9.17, 15) is 14.3 Å². The Hall–Kier alpha value is -3.19. The third-order valence-corrected chi connectivity index (χ3v) is 5.10. The minimum atomic E-state index is -0.273. The zero-order chi connectivity index (χ0) is 19.8. The van der Waals surface area contributed by atoms with Crippen LogP contribution in [0.15, 0.2) is 36.5 Å². The largest absolute Gasteiger partial charge is 0.505 e. The smallest absolute Gasteiger partial charge is 0.258 e. The maximum absolute atomic E-state index is 13.1. The van der Waals surface area contributed by atoms with Crippen LogP contribution in [-0.4, -0.2) is 41.0 Å². The van der Waals surface area contributed by atoms with Gasteiger partial charge in [0.15, 0.2) is 5.75 Å². The fourth-order valence-corrected chi connectivity index (χ4v) is 3.80. The summed E-state index contributed by atoms with van der Waals surface area (Å²) in [6.45, 7) is 1.18. The number of nitrogens with two attached hydrogens (primary N) is 1. The van der Waals surface area contributed by atoms with E-state index in [4.69, 9.17) is 5.73 Å². The first-order chi connectivity index (χ1) is 13.5. The molecule has 0 fully saturated rings. The zero-order valence-electron chi connectivity index (χ0n) is 15.5. The number of aromatic hydroxyl groups is 1. The molecule has 7 heteroatoms. The number of rotatable bonds is 5. The van der Waals surface area contributed by atoms with Crippen LogP contribution in [-0.2, 0) is 13.0 Å². The standard InChI is InChI=1S/C21H21FN4O2/c1-24-18-15-9-13(8-12-2-4-14(22)5-3-12)10-25-19(15)20(27)17-16(18)11-26(7-6-23)21(17)28/h2-5,9-10,24,27H,6-8,11,23H2,1H3. The van der Waals surface area contributed by atoms with Crippen molar-refractivity contribution in [2.24, 2.45) is 5.73 Å². The van der Waals surface area contributed by atoms with Gasteiger partial charge in [0, 0.05) is 49.5 Å². The highest BCUT2D eigenvalue weighted by Gasteiger charge is 2.34. The van der Waals surface area contributed by atoms with Crippen molar-refractivity contribution >= 4 is 22.5 Å². The SMILES string of the molecule is CNc1c2c(c(O)c3ncc(Cc4ccc(F)cc4)cc13)C(=O)N(CCN)C2. The van der Waals surface area contributed by atoms with Crippen molar-refractivity contribution in [1.82, 2.24) is 9.88 Å².